The number of alkyl halides is 1. The number of thiophene rings is 1. The molecule has 1 aliphatic heterocycles. The first-order valence-corrected chi connectivity index (χ1v) is 23.8. The van der Waals surface area contributed by atoms with Crippen LogP contribution in [0.5, 0.6) is 0 Å². The highest BCUT2D eigenvalue weighted by molar-refractivity contribution is 9.09. The molecule has 5 aliphatic rings. The minimum atomic E-state index is -5.10. The van der Waals surface area contributed by atoms with E-state index in [1.807, 2.05) is 19.9 Å². The van der Waals surface area contributed by atoms with Crippen LogP contribution in [0.1, 0.15) is 74.0 Å². The van der Waals surface area contributed by atoms with Crippen LogP contribution in [0, 0.1) is 34.4 Å². The smallest absolute Gasteiger partial charge is 0.470 e. The minimum absolute atomic E-state index is 0.0350. The second-order valence-corrected chi connectivity index (χ2v) is 20.2. The Labute approximate surface area is 373 Å². The lowest BCUT2D eigenvalue weighted by atomic mass is 9.46. The fourth-order valence-corrected chi connectivity index (χ4v) is 12.3. The number of hydrogen-bond acceptors (Lipinski definition) is 12. The number of halogens is 2. The Morgan fingerprint density at radius 3 is 2.62 bits per heavy atom. The van der Waals surface area contributed by atoms with Gasteiger partial charge in [0, 0.05) is 40.2 Å². The van der Waals surface area contributed by atoms with Crippen LogP contribution in [0.15, 0.2) is 54.1 Å². The van der Waals surface area contributed by atoms with Gasteiger partial charge in [0.1, 0.15) is 18.5 Å². The summed E-state index contributed by atoms with van der Waals surface area (Å²) in [5.74, 6) is -5.25. The standard InChI is InChI=1S/C42H48BrFN3O14PS/c1-40-11-10-24(48)14-22(40)6-7-25-26-15-33-42(32(50)20-59-62(56,57)58,41(26,2)17-29(49)37(25)40)61-39(60-33)31-16-27(44)30(63-31)13-21-4-3-5-23(12-21)46-38(55)28(8-9-36(53)54)47-35(52)19-45-34(51)18-43/h3-5,10-12,14,16,25-26,28-29,33,37,39,49H,6-9,13,15,17-20H2,1-2H3,(H,45,51)(H,46,55)(H,47,52)(H,53,54)(H2,56,57,58)/t25-,26-,28-,29-,33+,37+,39+,40-,41-,42+/m0/s1. The van der Waals surface area contributed by atoms with Crippen molar-refractivity contribution in [3.8, 4) is 0 Å². The molecule has 0 spiro atoms. The van der Waals surface area contributed by atoms with E-state index in [4.69, 9.17) is 14.0 Å². The van der Waals surface area contributed by atoms with E-state index < -0.39 is 104 Å². The van der Waals surface area contributed by atoms with E-state index in [2.05, 4.69) is 31.9 Å². The van der Waals surface area contributed by atoms with Crippen molar-refractivity contribution in [3.05, 3.63) is 75.3 Å². The molecule has 0 unspecified atom stereocenters. The first-order valence-electron chi connectivity index (χ1n) is 20.4. The first kappa shape index (κ1) is 47.0. The molecule has 17 nitrogen and oxygen atoms in total. The molecule has 21 heteroatoms. The zero-order valence-electron chi connectivity index (χ0n) is 34.2. The van der Waals surface area contributed by atoms with E-state index in [1.54, 1.807) is 30.3 Å². The number of carboxylic acids is 1. The number of carbonyl (C=O) groups excluding carboxylic acids is 5. The SMILES string of the molecule is C[C@]12C=CC(=O)C=C1CC[C@@H]1[C@@H]2[C@@H](O)C[C@@]2(C)[C@H]1C[C@H]1O[C@@H](c3cc(F)c(Cc4cccc(NC(=O)[C@H](CCC(=O)O)NC(=O)CNC(=O)CBr)c4)s3)O[C@]12C(=O)COP(=O)(O)O. The zero-order chi connectivity index (χ0) is 45.6. The highest BCUT2D eigenvalue weighted by Crippen LogP contribution is 2.70. The van der Waals surface area contributed by atoms with Crippen molar-refractivity contribution >= 4 is 76.0 Å². The number of fused-ring (bicyclic) bond motifs is 7. The van der Waals surface area contributed by atoms with Crippen LogP contribution in [-0.2, 0) is 53.8 Å². The average molecular weight is 981 g/mol. The van der Waals surface area contributed by atoms with Gasteiger partial charge in [0.25, 0.3) is 0 Å². The first-order chi connectivity index (χ1) is 29.7. The van der Waals surface area contributed by atoms with E-state index >= 15 is 4.39 Å². The second-order valence-electron chi connectivity index (χ2n) is 17.2. The normalized spacial score (nSPS) is 31.2. The summed E-state index contributed by atoms with van der Waals surface area (Å²) in [6, 6.07) is 6.43. The highest BCUT2D eigenvalue weighted by atomic mass is 79.9. The average Bonchev–Trinajstić information content (AvgIpc) is 3.86. The van der Waals surface area contributed by atoms with Gasteiger partial charge in [-0.25, -0.2) is 8.96 Å². The molecule has 7 rings (SSSR count). The lowest BCUT2D eigenvalue weighted by molar-refractivity contribution is -0.200. The van der Waals surface area contributed by atoms with E-state index in [0.29, 0.717) is 24.8 Å². The van der Waals surface area contributed by atoms with Crippen molar-refractivity contribution in [2.45, 2.75) is 88.9 Å². The number of ketones is 2. The molecule has 1 aromatic carbocycles. The summed E-state index contributed by atoms with van der Waals surface area (Å²) in [5.41, 5.74) is -1.78. The number of carbonyl (C=O) groups is 6. The van der Waals surface area contributed by atoms with E-state index in [1.165, 1.54) is 12.1 Å². The third kappa shape index (κ3) is 9.29. The maximum atomic E-state index is 15.8. The number of rotatable bonds is 16. The maximum Gasteiger partial charge on any atom is 0.470 e. The Hall–Kier alpha value is -3.98. The Kier molecular flexibility index (Phi) is 13.5. The number of aliphatic hydroxyl groups excluding tert-OH is 1. The van der Waals surface area contributed by atoms with Crippen molar-refractivity contribution in [2.75, 3.05) is 23.8 Å². The minimum Gasteiger partial charge on any atom is -0.481 e. The number of Topliss-reactive ketones (excluding diaryl/α,β-unsaturated/α-hetero) is 1. The zero-order valence-corrected chi connectivity index (χ0v) is 37.5. The number of amides is 3. The van der Waals surface area contributed by atoms with Crippen LogP contribution in [0.25, 0.3) is 0 Å². The number of aliphatic hydroxyl groups is 1. The van der Waals surface area contributed by atoms with Crippen LogP contribution < -0.4 is 16.0 Å². The number of phosphoric ester groups is 1. The monoisotopic (exact) mass is 979 g/mol. The predicted molar refractivity (Wildman–Crippen MR) is 226 cm³/mol. The summed E-state index contributed by atoms with van der Waals surface area (Å²) in [7, 11) is -5.10. The van der Waals surface area contributed by atoms with Crippen LogP contribution in [-0.4, -0.2) is 97.6 Å². The van der Waals surface area contributed by atoms with Crippen molar-refractivity contribution in [3.63, 3.8) is 0 Å². The van der Waals surface area contributed by atoms with Gasteiger partial charge >= 0.3 is 13.8 Å². The van der Waals surface area contributed by atoms with Crippen LogP contribution in [0.3, 0.4) is 0 Å². The van der Waals surface area contributed by atoms with E-state index in [0.717, 1.165) is 16.9 Å². The van der Waals surface area contributed by atoms with Gasteiger partial charge in [-0.15, -0.1) is 11.3 Å². The van der Waals surface area contributed by atoms with Gasteiger partial charge in [0.2, 0.25) is 17.7 Å². The van der Waals surface area contributed by atoms with Crippen molar-refractivity contribution in [2.24, 2.45) is 28.6 Å². The van der Waals surface area contributed by atoms with Gasteiger partial charge in [-0.1, -0.05) is 53.6 Å². The van der Waals surface area contributed by atoms with Gasteiger partial charge in [0.05, 0.1) is 29.0 Å². The van der Waals surface area contributed by atoms with Gasteiger partial charge in [-0.05, 0) is 79.9 Å². The molecule has 4 aliphatic carbocycles. The molecule has 0 bridgehead atoms. The van der Waals surface area contributed by atoms with E-state index in [9.17, 15) is 53.3 Å². The molecule has 10 atom stereocenters. The quantitative estimate of drug-likeness (QED) is 0.0927. The molecule has 2 heterocycles. The predicted octanol–water partition coefficient (Wildman–Crippen LogP) is 4.00. The molecule has 3 saturated carbocycles. The largest absolute Gasteiger partial charge is 0.481 e. The van der Waals surface area contributed by atoms with Gasteiger partial charge in [0.15, 0.2) is 23.5 Å². The van der Waals surface area contributed by atoms with Gasteiger partial charge in [-0.2, -0.15) is 0 Å². The number of hydrogen-bond donors (Lipinski definition) is 7. The Morgan fingerprint density at radius 1 is 1.14 bits per heavy atom. The number of ether oxygens (including phenoxy) is 2. The van der Waals surface area contributed by atoms with Crippen molar-refractivity contribution < 1.29 is 71.7 Å². The molecule has 0 radical (unpaired) electrons. The lowest BCUT2D eigenvalue weighted by Gasteiger charge is -2.59. The third-order valence-corrected chi connectivity index (χ3v) is 15.6. The Bertz CT molecular complexity index is 2320. The van der Waals surface area contributed by atoms with Crippen molar-refractivity contribution in [1.82, 2.24) is 10.6 Å². The molecular formula is C42H48BrFN3O14PS. The summed E-state index contributed by atoms with van der Waals surface area (Å²) >= 11 is 3.99. The number of aliphatic carboxylic acids is 1. The molecule has 3 amide bonds. The fraction of sp³-hybridized carbons (Fsp3) is 0.524. The molecular weight excluding hydrogens is 932 g/mol. The number of carboxylic acid groups (broad SMARTS) is 1. The number of nitrogens with one attached hydrogen (secondary N) is 3. The topological polar surface area (TPSA) is 264 Å². The third-order valence-electron chi connectivity index (χ3n) is 13.4. The Balaban J connectivity index is 1.09. The summed E-state index contributed by atoms with van der Waals surface area (Å²) in [6.45, 7) is 2.40. The van der Waals surface area contributed by atoms with Crippen molar-refractivity contribution in [1.29, 1.82) is 0 Å². The van der Waals surface area contributed by atoms with Crippen LogP contribution in [0.2, 0.25) is 0 Å². The van der Waals surface area contributed by atoms with Crippen LogP contribution >= 0.6 is 35.1 Å². The summed E-state index contributed by atoms with van der Waals surface area (Å²) in [6.07, 6.45) is 2.79. The van der Waals surface area contributed by atoms with E-state index in [-0.39, 0.29) is 63.6 Å². The van der Waals surface area contributed by atoms with Crippen LogP contribution in [0.4, 0.5) is 10.1 Å². The lowest BCUT2D eigenvalue weighted by Crippen LogP contribution is -2.63. The number of phosphoric acid groups is 1. The van der Waals surface area contributed by atoms with Gasteiger partial charge in [-0.3, -0.25) is 33.3 Å². The number of allylic oxidation sites excluding steroid dienone is 4. The molecule has 1 saturated heterocycles. The molecule has 4 fully saturated rings. The molecule has 340 valence electrons. The number of benzene rings is 1. The summed E-state index contributed by atoms with van der Waals surface area (Å²) in [5, 5.41) is 28.6. The summed E-state index contributed by atoms with van der Waals surface area (Å²) < 4.78 is 45.5. The molecule has 1 aromatic heterocycles. The Morgan fingerprint density at radius 2 is 1.90 bits per heavy atom. The summed E-state index contributed by atoms with van der Waals surface area (Å²) in [4.78, 5) is 94.9. The number of anilines is 1. The molecule has 2 aromatic rings. The fourth-order valence-electron chi connectivity index (χ4n) is 10.8. The van der Waals surface area contributed by atoms with Gasteiger partial charge < -0.3 is 45.4 Å². The molecule has 7 N–H and O–H groups in total. The maximum absolute atomic E-state index is 15.8. The second kappa shape index (κ2) is 18.1. The highest BCUT2D eigenvalue weighted by Gasteiger charge is 2.76. The molecule has 63 heavy (non-hydrogen) atoms.